The van der Waals surface area contributed by atoms with Gasteiger partial charge in [0.25, 0.3) is 0 Å². The van der Waals surface area contributed by atoms with Crippen LogP contribution in [0.2, 0.25) is 0 Å². The van der Waals surface area contributed by atoms with Crippen LogP contribution in [-0.4, -0.2) is 25.5 Å². The summed E-state index contributed by atoms with van der Waals surface area (Å²) in [5.74, 6) is 0.0813. The maximum atomic E-state index is 11.1. The Morgan fingerprint density at radius 1 is 0.548 bits per heavy atom. The monoisotopic (exact) mass is 422 g/mol. The van der Waals surface area contributed by atoms with Crippen molar-refractivity contribution in [2.45, 2.75) is 52.9 Å². The van der Waals surface area contributed by atoms with E-state index in [1.165, 1.54) is 12.1 Å². The fourth-order valence-corrected chi connectivity index (χ4v) is 3.65. The van der Waals surface area contributed by atoms with Crippen LogP contribution in [0.1, 0.15) is 59.7 Å². The van der Waals surface area contributed by atoms with Gasteiger partial charge >= 0.3 is 0 Å². The van der Waals surface area contributed by atoms with Gasteiger partial charge < -0.3 is 25.5 Å². The number of aryl methyl sites for hydroxylation is 2. The van der Waals surface area contributed by atoms with E-state index in [0.717, 1.165) is 5.56 Å². The van der Waals surface area contributed by atoms with Gasteiger partial charge in [-0.2, -0.15) is 0 Å². The summed E-state index contributed by atoms with van der Waals surface area (Å²) >= 11 is 0. The number of hydrogen-bond acceptors (Lipinski definition) is 5. The first-order valence-corrected chi connectivity index (χ1v) is 10.2. The fourth-order valence-electron chi connectivity index (χ4n) is 3.65. The molecule has 0 fully saturated rings. The maximum absolute atomic E-state index is 11.1. The van der Waals surface area contributed by atoms with Crippen LogP contribution >= 0.6 is 0 Å². The van der Waals surface area contributed by atoms with Gasteiger partial charge in [-0.05, 0) is 70.3 Å². The molecule has 0 aliphatic carbocycles. The Bertz CT molecular complexity index is 1060. The van der Waals surface area contributed by atoms with Crippen molar-refractivity contribution in [1.82, 2.24) is 0 Å². The average Bonchev–Trinajstić information content (AvgIpc) is 2.66. The minimum Gasteiger partial charge on any atom is -0.508 e. The van der Waals surface area contributed by atoms with Crippen molar-refractivity contribution in [3.05, 3.63) is 75.3 Å². The number of aromatic hydroxyl groups is 5. The molecular weight excluding hydrogens is 392 g/mol. The van der Waals surface area contributed by atoms with E-state index in [2.05, 4.69) is 20.8 Å². The number of rotatable bonds is 4. The first-order chi connectivity index (χ1) is 14.4. The Hall–Kier alpha value is -3.34. The Morgan fingerprint density at radius 2 is 0.935 bits per heavy atom. The molecule has 3 aromatic rings. The highest BCUT2D eigenvalue weighted by atomic mass is 16.3. The molecule has 5 heteroatoms. The summed E-state index contributed by atoms with van der Waals surface area (Å²) in [5, 5.41) is 51.3. The van der Waals surface area contributed by atoms with E-state index in [1.807, 2.05) is 12.1 Å². The molecule has 0 unspecified atom stereocenters. The molecule has 0 aliphatic heterocycles. The average molecular weight is 423 g/mol. The Labute approximate surface area is 182 Å². The smallest absolute Gasteiger partial charge is 0.122 e. The molecule has 0 spiro atoms. The Morgan fingerprint density at radius 3 is 1.29 bits per heavy atom. The highest BCUT2D eigenvalue weighted by Crippen LogP contribution is 2.37. The van der Waals surface area contributed by atoms with Gasteiger partial charge in [0.2, 0.25) is 0 Å². The molecule has 0 aromatic heterocycles. The minimum absolute atomic E-state index is 0.0211. The standard InChI is InChI=1S/C26H30O5/c1-14-6-16(23(29)12-21(14)27)8-18-10-20(26(3,4)5)11-19(25(18)31)9-17-7-15(2)22(28)13-24(17)30/h6-7,10-13,27-31H,8-9H2,1-5H3. The Kier molecular flexibility index (Phi) is 5.81. The molecule has 0 saturated heterocycles. The minimum atomic E-state index is -0.183. The van der Waals surface area contributed by atoms with Crippen LogP contribution in [0.25, 0.3) is 0 Å². The van der Waals surface area contributed by atoms with Crippen molar-refractivity contribution in [3.8, 4) is 28.7 Å². The second-order valence-corrected chi connectivity index (χ2v) is 9.28. The summed E-state index contributed by atoms with van der Waals surface area (Å²) in [7, 11) is 0. The van der Waals surface area contributed by atoms with Gasteiger partial charge in [-0.15, -0.1) is 0 Å². The molecule has 31 heavy (non-hydrogen) atoms. The van der Waals surface area contributed by atoms with Crippen LogP contribution in [0.3, 0.4) is 0 Å². The lowest BCUT2D eigenvalue weighted by Gasteiger charge is -2.23. The lowest BCUT2D eigenvalue weighted by molar-refractivity contribution is 0.442. The SMILES string of the molecule is Cc1cc(Cc2cc(C(C)(C)C)cc(Cc3cc(C)c(O)cc3O)c2O)c(O)cc1O. The molecule has 164 valence electrons. The predicted molar refractivity (Wildman–Crippen MR) is 121 cm³/mol. The highest BCUT2D eigenvalue weighted by Gasteiger charge is 2.21. The summed E-state index contributed by atoms with van der Waals surface area (Å²) < 4.78 is 0. The van der Waals surface area contributed by atoms with Gasteiger partial charge in [-0.3, -0.25) is 0 Å². The molecule has 5 nitrogen and oxygen atoms in total. The topological polar surface area (TPSA) is 101 Å². The summed E-state index contributed by atoms with van der Waals surface area (Å²) in [6.07, 6.45) is 0.576. The molecule has 0 radical (unpaired) electrons. The maximum Gasteiger partial charge on any atom is 0.122 e. The zero-order valence-electron chi connectivity index (χ0n) is 18.6. The van der Waals surface area contributed by atoms with Crippen LogP contribution in [-0.2, 0) is 18.3 Å². The second-order valence-electron chi connectivity index (χ2n) is 9.28. The van der Waals surface area contributed by atoms with Gasteiger partial charge in [0.05, 0.1) is 0 Å². The van der Waals surface area contributed by atoms with E-state index in [4.69, 9.17) is 0 Å². The molecule has 0 saturated carbocycles. The normalized spacial score (nSPS) is 11.6. The number of phenolic OH excluding ortho intramolecular Hbond substituents is 5. The van der Waals surface area contributed by atoms with E-state index in [9.17, 15) is 25.5 Å². The molecule has 0 heterocycles. The third kappa shape index (κ3) is 4.71. The summed E-state index contributed by atoms with van der Waals surface area (Å²) in [6.45, 7) is 9.75. The van der Waals surface area contributed by atoms with Crippen LogP contribution in [0.5, 0.6) is 28.7 Å². The molecule has 3 aromatic carbocycles. The van der Waals surface area contributed by atoms with Crippen LogP contribution in [0.4, 0.5) is 0 Å². The van der Waals surface area contributed by atoms with E-state index < -0.39 is 0 Å². The van der Waals surface area contributed by atoms with Crippen molar-refractivity contribution in [1.29, 1.82) is 0 Å². The van der Waals surface area contributed by atoms with Crippen molar-refractivity contribution < 1.29 is 25.5 Å². The zero-order chi connectivity index (χ0) is 23.1. The number of phenols is 5. The number of benzene rings is 3. The van der Waals surface area contributed by atoms with Crippen molar-refractivity contribution >= 4 is 0 Å². The zero-order valence-corrected chi connectivity index (χ0v) is 18.6. The third-order valence-electron chi connectivity index (χ3n) is 5.69. The lowest BCUT2D eigenvalue weighted by Crippen LogP contribution is -2.13. The first-order valence-electron chi connectivity index (χ1n) is 10.2. The molecule has 0 amide bonds. The van der Waals surface area contributed by atoms with E-state index >= 15 is 0 Å². The molecule has 0 aliphatic rings. The van der Waals surface area contributed by atoms with Crippen LogP contribution in [0, 0.1) is 13.8 Å². The van der Waals surface area contributed by atoms with Crippen molar-refractivity contribution in [2.24, 2.45) is 0 Å². The molecule has 3 rings (SSSR count). The van der Waals surface area contributed by atoms with E-state index in [1.54, 1.807) is 26.0 Å². The summed E-state index contributed by atoms with van der Waals surface area (Å²) in [4.78, 5) is 0. The van der Waals surface area contributed by atoms with E-state index in [-0.39, 0.29) is 47.0 Å². The van der Waals surface area contributed by atoms with Crippen molar-refractivity contribution in [3.63, 3.8) is 0 Å². The molecule has 0 atom stereocenters. The van der Waals surface area contributed by atoms with Gasteiger partial charge in [0.15, 0.2) is 0 Å². The first kappa shape index (κ1) is 22.3. The van der Waals surface area contributed by atoms with Gasteiger partial charge in [-0.1, -0.05) is 32.9 Å². The predicted octanol–water partition coefficient (Wildman–Crippen LogP) is 5.31. The highest BCUT2D eigenvalue weighted by molar-refractivity contribution is 5.54. The van der Waals surface area contributed by atoms with Crippen LogP contribution in [0.15, 0.2) is 36.4 Å². The van der Waals surface area contributed by atoms with E-state index in [0.29, 0.717) is 33.4 Å². The fraction of sp³-hybridized carbons (Fsp3) is 0.308. The van der Waals surface area contributed by atoms with Crippen LogP contribution < -0.4 is 0 Å². The molecule has 0 bridgehead atoms. The van der Waals surface area contributed by atoms with Gasteiger partial charge in [0, 0.05) is 25.0 Å². The quantitative estimate of drug-likeness (QED) is 0.392. The number of hydrogen-bond donors (Lipinski definition) is 5. The summed E-state index contributed by atoms with van der Waals surface area (Å²) in [6, 6.07) is 9.91. The second kappa shape index (κ2) is 8.06. The molecule has 5 N–H and O–H groups in total. The Balaban J connectivity index is 2.11. The molecular formula is C26H30O5. The van der Waals surface area contributed by atoms with Gasteiger partial charge in [0.1, 0.15) is 28.7 Å². The lowest BCUT2D eigenvalue weighted by atomic mass is 9.83. The van der Waals surface area contributed by atoms with Gasteiger partial charge in [-0.25, -0.2) is 0 Å². The third-order valence-corrected chi connectivity index (χ3v) is 5.69. The largest absolute Gasteiger partial charge is 0.508 e. The van der Waals surface area contributed by atoms with Crippen molar-refractivity contribution in [2.75, 3.05) is 0 Å². The summed E-state index contributed by atoms with van der Waals surface area (Å²) in [5.41, 5.74) is 4.62.